The fourth-order valence-electron chi connectivity index (χ4n) is 2.70. The van der Waals surface area contributed by atoms with Gasteiger partial charge in [-0.2, -0.15) is 11.8 Å². The van der Waals surface area contributed by atoms with Crippen molar-refractivity contribution in [2.45, 2.75) is 32.5 Å². The summed E-state index contributed by atoms with van der Waals surface area (Å²) in [4.78, 5) is 11.4. The molecule has 0 bridgehead atoms. The van der Waals surface area contributed by atoms with E-state index >= 15 is 0 Å². The molecule has 2 rings (SSSR count). The van der Waals surface area contributed by atoms with Gasteiger partial charge in [-0.25, -0.2) is 4.39 Å². The molecule has 0 radical (unpaired) electrons. The van der Waals surface area contributed by atoms with Crippen molar-refractivity contribution in [2.75, 3.05) is 18.6 Å². The van der Waals surface area contributed by atoms with Gasteiger partial charge < -0.3 is 19.9 Å². The Morgan fingerprint density at radius 3 is 2.73 bits per heavy atom. The molecule has 0 fully saturated rings. The van der Waals surface area contributed by atoms with Crippen LogP contribution in [0, 0.1) is 5.82 Å². The van der Waals surface area contributed by atoms with E-state index in [2.05, 4.69) is 21.2 Å². The highest BCUT2D eigenvalue weighted by molar-refractivity contribution is 9.10. The summed E-state index contributed by atoms with van der Waals surface area (Å²) in [7, 11) is 0. The van der Waals surface area contributed by atoms with Gasteiger partial charge in [0, 0.05) is 12.1 Å². The van der Waals surface area contributed by atoms with Crippen molar-refractivity contribution in [1.82, 2.24) is 5.32 Å². The topological polar surface area (TPSA) is 67.8 Å². The number of hydrogen-bond acceptors (Lipinski definition) is 5. The van der Waals surface area contributed by atoms with Crippen LogP contribution in [0.15, 0.2) is 34.8 Å². The first-order chi connectivity index (χ1) is 14.3. The first-order valence-corrected chi connectivity index (χ1v) is 11.9. The van der Waals surface area contributed by atoms with E-state index in [1.54, 1.807) is 17.8 Å². The van der Waals surface area contributed by atoms with Gasteiger partial charge in [0.1, 0.15) is 18.5 Å². The number of rotatable bonds is 12. The molecule has 1 atom stereocenters. The Morgan fingerprint density at radius 2 is 2.10 bits per heavy atom. The Bertz CT molecular complexity index is 871. The van der Waals surface area contributed by atoms with Crippen molar-refractivity contribution in [3.63, 3.8) is 0 Å². The summed E-state index contributed by atoms with van der Waals surface area (Å²) in [5.74, 6) is 0.505. The standard InChI is InChI=1S/C21H24BrClFNO4S/c1-3-28-19-9-13(11-25-18(21(26)27)6-7-30-2)8-16(22)20(19)29-12-14-4-5-15(24)10-17(14)23/h4-5,8-10,18,25H,3,6-7,11-12H2,1-2H3,(H,26,27). The minimum absolute atomic E-state index is 0.144. The van der Waals surface area contributed by atoms with Crippen molar-refractivity contribution in [2.24, 2.45) is 0 Å². The predicted octanol–water partition coefficient (Wildman–Crippen LogP) is 5.52. The van der Waals surface area contributed by atoms with E-state index < -0.39 is 17.8 Å². The van der Waals surface area contributed by atoms with Crippen LogP contribution in [-0.4, -0.2) is 35.7 Å². The average Bonchev–Trinajstić information content (AvgIpc) is 2.68. The van der Waals surface area contributed by atoms with E-state index in [-0.39, 0.29) is 11.6 Å². The van der Waals surface area contributed by atoms with Gasteiger partial charge in [0.25, 0.3) is 0 Å². The molecule has 0 heterocycles. The molecular weight excluding hydrogens is 497 g/mol. The lowest BCUT2D eigenvalue weighted by Crippen LogP contribution is -2.36. The number of halogens is 3. The summed E-state index contributed by atoms with van der Waals surface area (Å²) in [5, 5.41) is 12.7. The van der Waals surface area contributed by atoms with Crippen LogP contribution in [0.2, 0.25) is 5.02 Å². The molecule has 0 aliphatic rings. The Hall–Kier alpha value is -1.48. The Kier molecular flexibility index (Phi) is 10.2. The summed E-state index contributed by atoms with van der Waals surface area (Å²) >= 11 is 11.2. The van der Waals surface area contributed by atoms with Gasteiger partial charge in [0.15, 0.2) is 11.5 Å². The summed E-state index contributed by atoms with van der Waals surface area (Å²) < 4.78 is 25.5. The van der Waals surface area contributed by atoms with Crippen LogP contribution in [0.1, 0.15) is 24.5 Å². The van der Waals surface area contributed by atoms with E-state index in [4.69, 9.17) is 21.1 Å². The number of carbonyl (C=O) groups is 1. The van der Waals surface area contributed by atoms with Gasteiger partial charge in [-0.15, -0.1) is 0 Å². The largest absolute Gasteiger partial charge is 0.490 e. The first kappa shape index (κ1) is 24.8. The van der Waals surface area contributed by atoms with Gasteiger partial charge in [0.05, 0.1) is 16.1 Å². The molecule has 2 N–H and O–H groups in total. The molecule has 0 saturated heterocycles. The Morgan fingerprint density at radius 1 is 1.33 bits per heavy atom. The molecule has 0 saturated carbocycles. The highest BCUT2D eigenvalue weighted by atomic mass is 79.9. The second-order valence-corrected chi connectivity index (χ2v) is 8.66. The number of aliphatic carboxylic acids is 1. The first-order valence-electron chi connectivity index (χ1n) is 9.32. The molecule has 0 aliphatic heterocycles. The van der Waals surface area contributed by atoms with E-state index in [1.165, 1.54) is 12.1 Å². The van der Waals surface area contributed by atoms with Crippen LogP contribution in [-0.2, 0) is 17.9 Å². The van der Waals surface area contributed by atoms with Gasteiger partial charge in [-0.05, 0) is 71.1 Å². The average molecular weight is 521 g/mol. The molecule has 5 nitrogen and oxygen atoms in total. The third-order valence-corrected chi connectivity index (χ3v) is 5.80. The van der Waals surface area contributed by atoms with E-state index in [0.717, 1.165) is 11.3 Å². The third-order valence-electron chi connectivity index (χ3n) is 4.22. The molecule has 0 aromatic heterocycles. The predicted molar refractivity (Wildman–Crippen MR) is 122 cm³/mol. The molecule has 9 heteroatoms. The smallest absolute Gasteiger partial charge is 0.320 e. The number of benzene rings is 2. The zero-order valence-electron chi connectivity index (χ0n) is 16.7. The Labute approximate surface area is 193 Å². The fourth-order valence-corrected chi connectivity index (χ4v) is 4.00. The Balaban J connectivity index is 2.15. The molecule has 0 amide bonds. The van der Waals surface area contributed by atoms with Gasteiger partial charge in [-0.1, -0.05) is 17.7 Å². The zero-order chi connectivity index (χ0) is 22.1. The van der Waals surface area contributed by atoms with Crippen LogP contribution in [0.3, 0.4) is 0 Å². The van der Waals surface area contributed by atoms with Gasteiger partial charge >= 0.3 is 5.97 Å². The number of thioether (sulfide) groups is 1. The molecule has 30 heavy (non-hydrogen) atoms. The lowest BCUT2D eigenvalue weighted by molar-refractivity contribution is -0.139. The molecule has 1 unspecified atom stereocenters. The molecule has 0 spiro atoms. The van der Waals surface area contributed by atoms with Crippen LogP contribution in [0.5, 0.6) is 11.5 Å². The van der Waals surface area contributed by atoms with Crippen LogP contribution in [0.4, 0.5) is 4.39 Å². The number of carboxylic acid groups (broad SMARTS) is 1. The maximum Gasteiger partial charge on any atom is 0.320 e. The zero-order valence-corrected chi connectivity index (χ0v) is 19.9. The van der Waals surface area contributed by atoms with Crippen molar-refractivity contribution in [3.8, 4) is 11.5 Å². The second-order valence-electron chi connectivity index (χ2n) is 6.42. The molecular formula is C21H24BrClFNO4S. The normalized spacial score (nSPS) is 11.9. The summed E-state index contributed by atoms with van der Waals surface area (Å²) in [6, 6.07) is 7.19. The maximum absolute atomic E-state index is 13.2. The molecule has 2 aromatic carbocycles. The van der Waals surface area contributed by atoms with Gasteiger partial charge in [-0.3, -0.25) is 4.79 Å². The highest BCUT2D eigenvalue weighted by Gasteiger charge is 2.18. The monoisotopic (exact) mass is 519 g/mol. The quantitative estimate of drug-likeness (QED) is 0.384. The number of nitrogens with one attached hydrogen (secondary N) is 1. The summed E-state index contributed by atoms with van der Waals surface area (Å²) in [5.41, 5.74) is 1.50. The van der Waals surface area contributed by atoms with E-state index in [9.17, 15) is 14.3 Å². The lowest BCUT2D eigenvalue weighted by Gasteiger charge is -2.18. The number of ether oxygens (including phenoxy) is 2. The van der Waals surface area contributed by atoms with Crippen molar-refractivity contribution in [3.05, 3.63) is 56.8 Å². The number of carboxylic acids is 1. The second kappa shape index (κ2) is 12.4. The third kappa shape index (κ3) is 7.34. The van der Waals surface area contributed by atoms with Crippen LogP contribution < -0.4 is 14.8 Å². The maximum atomic E-state index is 13.2. The number of hydrogen-bond donors (Lipinski definition) is 2. The highest BCUT2D eigenvalue weighted by Crippen LogP contribution is 2.38. The molecule has 0 aliphatic carbocycles. The molecule has 2 aromatic rings. The summed E-state index contributed by atoms with van der Waals surface area (Å²) in [6.45, 7) is 2.81. The minimum Gasteiger partial charge on any atom is -0.490 e. The molecule has 164 valence electrons. The SMILES string of the molecule is CCOc1cc(CNC(CCSC)C(=O)O)cc(Br)c1OCc1ccc(F)cc1Cl. The van der Waals surface area contributed by atoms with Gasteiger partial charge in [0.2, 0.25) is 0 Å². The summed E-state index contributed by atoms with van der Waals surface area (Å²) in [6.07, 6.45) is 2.48. The van der Waals surface area contributed by atoms with Crippen molar-refractivity contribution in [1.29, 1.82) is 0 Å². The minimum atomic E-state index is -0.871. The van der Waals surface area contributed by atoms with Crippen molar-refractivity contribution >= 4 is 45.3 Å². The van der Waals surface area contributed by atoms with Crippen molar-refractivity contribution < 1.29 is 23.8 Å². The van der Waals surface area contributed by atoms with Crippen LogP contribution >= 0.6 is 39.3 Å². The fraction of sp³-hybridized carbons (Fsp3) is 0.381. The lowest BCUT2D eigenvalue weighted by atomic mass is 10.1. The van der Waals surface area contributed by atoms with E-state index in [0.29, 0.717) is 41.1 Å². The van der Waals surface area contributed by atoms with E-state index in [1.807, 2.05) is 25.3 Å². The van der Waals surface area contributed by atoms with Crippen LogP contribution in [0.25, 0.3) is 0 Å².